The highest BCUT2D eigenvalue weighted by Gasteiger charge is 2.63. The third-order valence-corrected chi connectivity index (χ3v) is 8.72. The summed E-state index contributed by atoms with van der Waals surface area (Å²) in [6.45, 7) is 8.18. The first-order valence-corrected chi connectivity index (χ1v) is 13.7. The number of carbonyl (C=O) groups is 2. The van der Waals surface area contributed by atoms with Crippen LogP contribution in [0.1, 0.15) is 82.5 Å². The lowest BCUT2D eigenvalue weighted by Gasteiger charge is -2.39. The van der Waals surface area contributed by atoms with Gasteiger partial charge in [0.1, 0.15) is 5.60 Å². The van der Waals surface area contributed by atoms with Crippen LogP contribution in [-0.4, -0.2) is 57.9 Å². The normalized spacial score (nSPS) is 30.6. The molecule has 204 valence electrons. The first-order valence-electron chi connectivity index (χ1n) is 13.7. The van der Waals surface area contributed by atoms with E-state index in [0.717, 1.165) is 31.8 Å². The second-order valence-corrected chi connectivity index (χ2v) is 12.4. The van der Waals surface area contributed by atoms with Crippen molar-refractivity contribution in [3.05, 3.63) is 29.1 Å². The number of esters is 1. The number of halogens is 3. The molecule has 4 aliphatic rings. The molecule has 0 radical (unpaired) electrons. The standard InChI is InChI=1S/C28H38F3N3O3/c1-26(2,3)37-24(35)21-14-22(21)27(9-7-20(15-27)33-10-5-4-6-11-33)25(36)34-12-8-23-18(17-34)13-19(16-32-23)28(29,30)31/h13,16,20-22H,4-12,14-15,17H2,1-3H3/t20-,21?,22?,27+/m1/s1. The van der Waals surface area contributed by atoms with E-state index in [1.165, 1.54) is 19.3 Å². The predicted molar refractivity (Wildman–Crippen MR) is 131 cm³/mol. The molecule has 1 saturated heterocycles. The summed E-state index contributed by atoms with van der Waals surface area (Å²) in [5.41, 5.74) is -0.950. The number of rotatable bonds is 4. The first-order chi connectivity index (χ1) is 17.4. The van der Waals surface area contributed by atoms with E-state index >= 15 is 0 Å². The van der Waals surface area contributed by atoms with E-state index in [9.17, 15) is 22.8 Å². The fraction of sp³-hybridized carbons (Fsp3) is 0.750. The van der Waals surface area contributed by atoms with Crippen molar-refractivity contribution in [2.45, 2.75) is 96.5 Å². The Labute approximate surface area is 216 Å². The third-order valence-electron chi connectivity index (χ3n) is 8.72. The molecular formula is C28H38F3N3O3. The number of hydrogen-bond donors (Lipinski definition) is 0. The monoisotopic (exact) mass is 521 g/mol. The Kier molecular flexibility index (Phi) is 6.82. The van der Waals surface area contributed by atoms with Gasteiger partial charge in [0.05, 0.1) is 16.9 Å². The number of fused-ring (bicyclic) bond motifs is 1. The molecule has 1 aromatic heterocycles. The molecule has 0 aromatic carbocycles. The Balaban J connectivity index is 1.38. The molecule has 5 rings (SSSR count). The number of carbonyl (C=O) groups excluding carboxylic acids is 2. The Morgan fingerprint density at radius 1 is 1.11 bits per heavy atom. The van der Waals surface area contributed by atoms with E-state index in [1.54, 1.807) is 4.90 Å². The van der Waals surface area contributed by atoms with Crippen LogP contribution in [-0.2, 0) is 33.5 Å². The lowest BCUT2D eigenvalue weighted by Crippen LogP contribution is -2.48. The molecule has 3 heterocycles. The fourth-order valence-corrected chi connectivity index (χ4v) is 6.85. The number of pyridine rings is 1. The number of nitrogens with zero attached hydrogens (tertiary/aromatic N) is 3. The van der Waals surface area contributed by atoms with Gasteiger partial charge in [-0.3, -0.25) is 14.6 Å². The molecule has 2 aliphatic carbocycles. The maximum atomic E-state index is 14.3. The van der Waals surface area contributed by atoms with E-state index in [0.29, 0.717) is 49.5 Å². The van der Waals surface area contributed by atoms with E-state index in [4.69, 9.17) is 4.74 Å². The highest BCUT2D eigenvalue weighted by molar-refractivity contribution is 5.87. The van der Waals surface area contributed by atoms with Crippen LogP contribution in [0.2, 0.25) is 0 Å². The second-order valence-electron chi connectivity index (χ2n) is 12.4. The summed E-state index contributed by atoms with van der Waals surface area (Å²) >= 11 is 0. The molecule has 0 spiro atoms. The number of amides is 1. The van der Waals surface area contributed by atoms with E-state index in [1.807, 2.05) is 20.8 Å². The number of alkyl halides is 3. The minimum absolute atomic E-state index is 0.00821. The Bertz CT molecular complexity index is 1050. The van der Waals surface area contributed by atoms with Gasteiger partial charge in [-0.25, -0.2) is 0 Å². The topological polar surface area (TPSA) is 62.7 Å². The Hall–Kier alpha value is -2.16. The first kappa shape index (κ1) is 26.4. The highest BCUT2D eigenvalue weighted by atomic mass is 19.4. The maximum absolute atomic E-state index is 14.3. The second kappa shape index (κ2) is 9.54. The number of aromatic nitrogens is 1. The minimum atomic E-state index is -4.47. The van der Waals surface area contributed by atoms with E-state index in [-0.39, 0.29) is 30.3 Å². The maximum Gasteiger partial charge on any atom is 0.417 e. The van der Waals surface area contributed by atoms with Crippen LogP contribution in [0.15, 0.2) is 12.3 Å². The number of likely N-dealkylation sites (tertiary alicyclic amines) is 1. The average molecular weight is 522 g/mol. The summed E-state index contributed by atoms with van der Waals surface area (Å²) in [6.07, 6.45) is 3.37. The van der Waals surface area contributed by atoms with Gasteiger partial charge in [0, 0.05) is 37.4 Å². The smallest absolute Gasteiger partial charge is 0.417 e. The van der Waals surface area contributed by atoms with Crippen LogP contribution >= 0.6 is 0 Å². The lowest BCUT2D eigenvalue weighted by atomic mass is 9.77. The largest absolute Gasteiger partial charge is 0.460 e. The molecule has 9 heteroatoms. The molecule has 2 aliphatic heterocycles. The molecule has 2 unspecified atom stereocenters. The van der Waals surface area contributed by atoms with Crippen molar-refractivity contribution in [2.24, 2.45) is 17.3 Å². The summed E-state index contributed by atoms with van der Waals surface area (Å²) in [5, 5.41) is 0. The van der Waals surface area contributed by atoms with Gasteiger partial charge in [-0.2, -0.15) is 13.2 Å². The number of hydrogen-bond acceptors (Lipinski definition) is 5. The molecule has 4 atom stereocenters. The molecule has 0 N–H and O–H groups in total. The van der Waals surface area contributed by atoms with E-state index in [2.05, 4.69) is 9.88 Å². The van der Waals surface area contributed by atoms with Gasteiger partial charge >= 0.3 is 12.1 Å². The van der Waals surface area contributed by atoms with Crippen molar-refractivity contribution in [1.29, 1.82) is 0 Å². The van der Waals surface area contributed by atoms with Crippen LogP contribution in [0.4, 0.5) is 13.2 Å². The Morgan fingerprint density at radius 2 is 1.84 bits per heavy atom. The predicted octanol–water partition coefficient (Wildman–Crippen LogP) is 4.99. The van der Waals surface area contributed by atoms with Crippen molar-refractivity contribution in [3.8, 4) is 0 Å². The van der Waals surface area contributed by atoms with Crippen molar-refractivity contribution in [1.82, 2.24) is 14.8 Å². The third kappa shape index (κ3) is 5.38. The summed E-state index contributed by atoms with van der Waals surface area (Å²) in [6, 6.07) is 1.44. The molecular weight excluding hydrogens is 483 g/mol. The highest BCUT2D eigenvalue weighted by Crippen LogP contribution is 2.60. The molecule has 1 amide bonds. The fourth-order valence-electron chi connectivity index (χ4n) is 6.85. The van der Waals surface area contributed by atoms with Crippen molar-refractivity contribution < 1.29 is 27.5 Å². The molecule has 3 fully saturated rings. The van der Waals surface area contributed by atoms with Gasteiger partial charge in [-0.1, -0.05) is 6.42 Å². The van der Waals surface area contributed by atoms with Gasteiger partial charge in [-0.05, 0) is 89.9 Å². The van der Waals surface area contributed by atoms with Crippen LogP contribution in [0, 0.1) is 17.3 Å². The SMILES string of the molecule is CC(C)(C)OC(=O)C1CC1[C@]1(C(=O)N2CCc3ncc(C(F)(F)F)cc3C2)CC[C@@H](N2CCCCC2)C1. The van der Waals surface area contributed by atoms with Crippen molar-refractivity contribution in [3.63, 3.8) is 0 Å². The molecule has 37 heavy (non-hydrogen) atoms. The van der Waals surface area contributed by atoms with Crippen molar-refractivity contribution >= 4 is 11.9 Å². The summed E-state index contributed by atoms with van der Waals surface area (Å²) in [7, 11) is 0. The molecule has 2 saturated carbocycles. The lowest BCUT2D eigenvalue weighted by molar-refractivity contribution is -0.158. The van der Waals surface area contributed by atoms with Gasteiger partial charge in [-0.15, -0.1) is 0 Å². The van der Waals surface area contributed by atoms with Gasteiger partial charge in [0.25, 0.3) is 0 Å². The summed E-state index contributed by atoms with van der Waals surface area (Å²) < 4.78 is 45.6. The number of piperidine rings is 1. The van der Waals surface area contributed by atoms with Gasteiger partial charge in [0.2, 0.25) is 5.91 Å². The van der Waals surface area contributed by atoms with E-state index < -0.39 is 22.8 Å². The Morgan fingerprint density at radius 3 is 2.51 bits per heavy atom. The zero-order valence-corrected chi connectivity index (χ0v) is 22.1. The van der Waals surface area contributed by atoms with Gasteiger partial charge < -0.3 is 14.5 Å². The van der Waals surface area contributed by atoms with Crippen LogP contribution in [0.3, 0.4) is 0 Å². The van der Waals surface area contributed by atoms with Crippen molar-refractivity contribution in [2.75, 3.05) is 19.6 Å². The average Bonchev–Trinajstić information content (AvgIpc) is 3.54. The zero-order chi connectivity index (χ0) is 26.6. The van der Waals surface area contributed by atoms with Gasteiger partial charge in [0.15, 0.2) is 0 Å². The zero-order valence-electron chi connectivity index (χ0n) is 22.1. The summed E-state index contributed by atoms with van der Waals surface area (Å²) in [5.74, 6) is -0.621. The van der Waals surface area contributed by atoms with Crippen LogP contribution < -0.4 is 0 Å². The molecule has 6 nitrogen and oxygen atoms in total. The molecule has 0 bridgehead atoms. The minimum Gasteiger partial charge on any atom is -0.460 e. The quantitative estimate of drug-likeness (QED) is 0.523. The number of ether oxygens (including phenoxy) is 1. The van der Waals surface area contributed by atoms with Crippen LogP contribution in [0.5, 0.6) is 0 Å². The molecule has 1 aromatic rings. The summed E-state index contributed by atoms with van der Waals surface area (Å²) in [4.78, 5) is 35.5. The van der Waals surface area contributed by atoms with Crippen LogP contribution in [0.25, 0.3) is 0 Å².